The summed E-state index contributed by atoms with van der Waals surface area (Å²) in [5.74, 6) is 1.16. The second-order valence-electron chi connectivity index (χ2n) is 5.12. The molecule has 0 spiro atoms. The summed E-state index contributed by atoms with van der Waals surface area (Å²) in [7, 11) is 2.09. The van der Waals surface area contributed by atoms with E-state index in [4.69, 9.17) is 0 Å². The molecule has 1 aromatic heterocycles. The molecule has 98 valence electrons. The first-order valence-corrected chi connectivity index (χ1v) is 6.79. The first-order valence-electron chi connectivity index (χ1n) is 6.79. The van der Waals surface area contributed by atoms with Crippen molar-refractivity contribution in [3.63, 3.8) is 0 Å². The van der Waals surface area contributed by atoms with Crippen molar-refractivity contribution in [2.75, 3.05) is 6.54 Å². The normalized spacial score (nSPS) is 11.6. The quantitative estimate of drug-likeness (QED) is 0.877. The maximum atomic E-state index is 4.68. The fourth-order valence-electron chi connectivity index (χ4n) is 2.27. The fraction of sp³-hybridized carbons (Fsp3) is 0.533. The minimum Gasteiger partial charge on any atom is -0.331 e. The summed E-state index contributed by atoms with van der Waals surface area (Å²) in [6.45, 7) is 7.52. The molecule has 18 heavy (non-hydrogen) atoms. The van der Waals surface area contributed by atoms with Gasteiger partial charge in [0.1, 0.15) is 5.82 Å². The van der Waals surface area contributed by atoms with Gasteiger partial charge < -0.3 is 9.88 Å². The summed E-state index contributed by atoms with van der Waals surface area (Å²) < 4.78 is 2.19. The van der Waals surface area contributed by atoms with Crippen molar-refractivity contribution in [1.82, 2.24) is 14.9 Å². The molecule has 3 nitrogen and oxygen atoms in total. The molecule has 0 bridgehead atoms. The zero-order valence-corrected chi connectivity index (χ0v) is 11.8. The van der Waals surface area contributed by atoms with Gasteiger partial charge in [0, 0.05) is 19.5 Å². The van der Waals surface area contributed by atoms with Crippen LogP contribution < -0.4 is 5.32 Å². The van der Waals surface area contributed by atoms with Gasteiger partial charge in [-0.3, -0.25) is 0 Å². The molecule has 0 aliphatic rings. The zero-order chi connectivity index (χ0) is 13.1. The van der Waals surface area contributed by atoms with Crippen LogP contribution >= 0.6 is 0 Å². The number of nitrogens with one attached hydrogen (secondary N) is 1. The van der Waals surface area contributed by atoms with E-state index in [2.05, 4.69) is 60.9 Å². The largest absolute Gasteiger partial charge is 0.331 e. The van der Waals surface area contributed by atoms with E-state index in [0.717, 1.165) is 30.7 Å². The first-order chi connectivity index (χ1) is 8.61. The minimum atomic E-state index is 0.551. The number of fused-ring (bicyclic) bond motifs is 1. The van der Waals surface area contributed by atoms with Crippen molar-refractivity contribution < 1.29 is 0 Å². The number of aromatic nitrogens is 2. The lowest BCUT2D eigenvalue weighted by Gasteiger charge is -2.07. The Morgan fingerprint density at radius 3 is 2.78 bits per heavy atom. The number of benzene rings is 1. The number of rotatable bonds is 5. The molecule has 2 aromatic rings. The van der Waals surface area contributed by atoms with Gasteiger partial charge in [0.2, 0.25) is 0 Å². The van der Waals surface area contributed by atoms with Crippen LogP contribution in [0.3, 0.4) is 0 Å². The molecule has 0 saturated heterocycles. The van der Waals surface area contributed by atoms with Crippen LogP contribution in [0.2, 0.25) is 0 Å². The van der Waals surface area contributed by atoms with E-state index < -0.39 is 0 Å². The highest BCUT2D eigenvalue weighted by Gasteiger charge is 2.06. The summed E-state index contributed by atoms with van der Waals surface area (Å²) in [4.78, 5) is 4.68. The Labute approximate surface area is 109 Å². The molecule has 0 aliphatic carbocycles. The fourth-order valence-corrected chi connectivity index (χ4v) is 2.27. The van der Waals surface area contributed by atoms with Crippen molar-refractivity contribution in [2.24, 2.45) is 7.05 Å². The minimum absolute atomic E-state index is 0.551. The highest BCUT2D eigenvalue weighted by molar-refractivity contribution is 5.76. The molecular weight excluding hydrogens is 222 g/mol. The summed E-state index contributed by atoms with van der Waals surface area (Å²) in [5, 5.41) is 3.44. The van der Waals surface area contributed by atoms with Gasteiger partial charge in [0.15, 0.2) is 0 Å². The molecule has 1 N–H and O–H groups in total. The van der Waals surface area contributed by atoms with Gasteiger partial charge in [0.25, 0.3) is 0 Å². The van der Waals surface area contributed by atoms with Crippen LogP contribution in [0.1, 0.15) is 32.2 Å². The number of hydrogen-bond donors (Lipinski definition) is 1. The van der Waals surface area contributed by atoms with Crippen LogP contribution in [-0.2, 0) is 19.9 Å². The topological polar surface area (TPSA) is 29.9 Å². The van der Waals surface area contributed by atoms with Crippen LogP contribution in [0.4, 0.5) is 0 Å². The van der Waals surface area contributed by atoms with Crippen molar-refractivity contribution in [3.8, 4) is 0 Å². The Bertz CT molecular complexity index is 526. The molecule has 3 heteroatoms. The number of aryl methyl sites for hydroxylation is 2. The van der Waals surface area contributed by atoms with Crippen LogP contribution in [0.15, 0.2) is 18.2 Å². The van der Waals surface area contributed by atoms with Crippen LogP contribution in [-0.4, -0.2) is 22.1 Å². The number of nitrogens with zero attached hydrogens (tertiary/aromatic N) is 2. The predicted molar refractivity (Wildman–Crippen MR) is 76.9 cm³/mol. The maximum absolute atomic E-state index is 4.68. The van der Waals surface area contributed by atoms with Crippen LogP contribution in [0.5, 0.6) is 0 Å². The third-order valence-corrected chi connectivity index (χ3v) is 3.32. The smallest absolute Gasteiger partial charge is 0.109 e. The molecule has 0 radical (unpaired) electrons. The van der Waals surface area contributed by atoms with Gasteiger partial charge in [-0.05, 0) is 30.7 Å². The number of hydrogen-bond acceptors (Lipinski definition) is 2. The molecule has 1 aromatic carbocycles. The van der Waals surface area contributed by atoms with Crippen molar-refractivity contribution >= 4 is 11.0 Å². The van der Waals surface area contributed by atoms with Crippen LogP contribution in [0.25, 0.3) is 11.0 Å². The van der Waals surface area contributed by atoms with Gasteiger partial charge in [0.05, 0.1) is 11.0 Å². The molecule has 0 fully saturated rings. The lowest BCUT2D eigenvalue weighted by Crippen LogP contribution is -2.24. The molecule has 0 atom stereocenters. The Hall–Kier alpha value is -1.35. The SMILES string of the molecule is CCc1nc2cc(CCNC(C)C)ccc2n1C. The van der Waals surface area contributed by atoms with E-state index in [9.17, 15) is 0 Å². The average Bonchev–Trinajstić information content (AvgIpc) is 2.65. The second kappa shape index (κ2) is 5.53. The molecule has 2 rings (SSSR count). The zero-order valence-electron chi connectivity index (χ0n) is 11.8. The summed E-state index contributed by atoms with van der Waals surface area (Å²) >= 11 is 0. The predicted octanol–water partition coefficient (Wildman–Crippen LogP) is 2.68. The summed E-state index contributed by atoms with van der Waals surface area (Å²) in [6.07, 6.45) is 2.04. The molecule has 0 amide bonds. The van der Waals surface area contributed by atoms with Gasteiger partial charge in [-0.15, -0.1) is 0 Å². The monoisotopic (exact) mass is 245 g/mol. The van der Waals surface area contributed by atoms with E-state index in [1.807, 2.05) is 0 Å². The lowest BCUT2D eigenvalue weighted by atomic mass is 10.1. The molecular formula is C15H23N3. The summed E-state index contributed by atoms with van der Waals surface area (Å²) in [5.41, 5.74) is 3.71. The van der Waals surface area contributed by atoms with Gasteiger partial charge >= 0.3 is 0 Å². The van der Waals surface area contributed by atoms with E-state index in [0.29, 0.717) is 6.04 Å². The van der Waals surface area contributed by atoms with E-state index in [1.54, 1.807) is 0 Å². The number of imidazole rings is 1. The average molecular weight is 245 g/mol. The van der Waals surface area contributed by atoms with Crippen molar-refractivity contribution in [3.05, 3.63) is 29.6 Å². The molecule has 1 heterocycles. The van der Waals surface area contributed by atoms with E-state index in [1.165, 1.54) is 11.1 Å². The first kappa shape index (κ1) is 13.1. The Morgan fingerprint density at radius 1 is 1.33 bits per heavy atom. The van der Waals surface area contributed by atoms with Crippen molar-refractivity contribution in [1.29, 1.82) is 0 Å². The van der Waals surface area contributed by atoms with E-state index >= 15 is 0 Å². The Morgan fingerprint density at radius 2 is 2.11 bits per heavy atom. The molecule has 0 aliphatic heterocycles. The Kier molecular flexibility index (Phi) is 4.02. The maximum Gasteiger partial charge on any atom is 0.109 e. The van der Waals surface area contributed by atoms with Crippen LogP contribution in [0, 0.1) is 0 Å². The van der Waals surface area contributed by atoms with Gasteiger partial charge in [-0.25, -0.2) is 4.98 Å². The highest BCUT2D eigenvalue weighted by atomic mass is 15.1. The summed E-state index contributed by atoms with van der Waals surface area (Å²) in [6, 6.07) is 7.17. The highest BCUT2D eigenvalue weighted by Crippen LogP contribution is 2.17. The standard InChI is InChI=1S/C15H23N3/c1-5-15-17-13-10-12(8-9-16-11(2)3)6-7-14(13)18(15)4/h6-7,10-11,16H,5,8-9H2,1-4H3. The second-order valence-corrected chi connectivity index (χ2v) is 5.12. The van der Waals surface area contributed by atoms with Crippen molar-refractivity contribution in [2.45, 2.75) is 39.7 Å². The lowest BCUT2D eigenvalue weighted by molar-refractivity contribution is 0.590. The van der Waals surface area contributed by atoms with E-state index in [-0.39, 0.29) is 0 Å². The molecule has 0 unspecified atom stereocenters. The van der Waals surface area contributed by atoms with Gasteiger partial charge in [-0.2, -0.15) is 0 Å². The third kappa shape index (κ3) is 2.72. The molecule has 0 saturated carbocycles. The Balaban J connectivity index is 2.17. The van der Waals surface area contributed by atoms with Gasteiger partial charge in [-0.1, -0.05) is 26.8 Å². The third-order valence-electron chi connectivity index (χ3n) is 3.32.